The smallest absolute Gasteiger partial charge is 0.123 e. The van der Waals surface area contributed by atoms with Crippen LogP contribution in [-0.2, 0) is 4.79 Å². The van der Waals surface area contributed by atoms with Gasteiger partial charge in [-0.1, -0.05) is 13.8 Å². The van der Waals surface area contributed by atoms with E-state index in [-0.39, 0.29) is 5.92 Å². The van der Waals surface area contributed by atoms with Crippen molar-refractivity contribution in [1.82, 2.24) is 0 Å². The predicted molar refractivity (Wildman–Crippen MR) is 45.3 cm³/mol. The molecule has 3 unspecified atom stereocenters. The van der Waals surface area contributed by atoms with Crippen LogP contribution in [0.3, 0.4) is 0 Å². The molecule has 0 saturated carbocycles. The first-order chi connectivity index (χ1) is 4.75. The Labute approximate surface area is 66.6 Å². The maximum atomic E-state index is 10.4. The topological polar surface area (TPSA) is 17.1 Å². The summed E-state index contributed by atoms with van der Waals surface area (Å²) in [5.41, 5.74) is 0. The van der Waals surface area contributed by atoms with E-state index in [0.29, 0.717) is 11.2 Å². The van der Waals surface area contributed by atoms with Gasteiger partial charge in [0.1, 0.15) is 6.29 Å². The molecule has 0 aromatic heterocycles. The normalized spacial score (nSPS) is 35.8. The quantitative estimate of drug-likeness (QED) is 0.571. The standard InChI is InChI=1S/C8H14OS/c1-6(5-9)8-3-4-10-7(8)2/h5-8H,3-4H2,1-2H3. The summed E-state index contributed by atoms with van der Waals surface area (Å²) in [5, 5.41) is 0.695. The van der Waals surface area contributed by atoms with Crippen LogP contribution in [0, 0.1) is 11.8 Å². The van der Waals surface area contributed by atoms with Gasteiger partial charge in [-0.3, -0.25) is 0 Å². The summed E-state index contributed by atoms with van der Waals surface area (Å²) in [6.07, 6.45) is 2.32. The van der Waals surface area contributed by atoms with E-state index in [1.165, 1.54) is 12.2 Å². The molecular weight excluding hydrogens is 144 g/mol. The third kappa shape index (κ3) is 1.54. The van der Waals surface area contributed by atoms with E-state index in [1.807, 2.05) is 18.7 Å². The molecule has 0 aromatic carbocycles. The van der Waals surface area contributed by atoms with Crippen LogP contribution in [0.2, 0.25) is 0 Å². The lowest BCUT2D eigenvalue weighted by Crippen LogP contribution is -2.17. The lowest BCUT2D eigenvalue weighted by atomic mass is 9.90. The molecule has 10 heavy (non-hydrogen) atoms. The Kier molecular flexibility index (Phi) is 2.78. The van der Waals surface area contributed by atoms with Crippen molar-refractivity contribution in [2.45, 2.75) is 25.5 Å². The van der Waals surface area contributed by atoms with Crippen molar-refractivity contribution >= 4 is 18.0 Å². The Balaban J connectivity index is 2.46. The Morgan fingerprint density at radius 1 is 1.70 bits per heavy atom. The van der Waals surface area contributed by atoms with E-state index in [0.717, 1.165) is 6.29 Å². The van der Waals surface area contributed by atoms with Gasteiger partial charge in [0.15, 0.2) is 0 Å². The van der Waals surface area contributed by atoms with E-state index >= 15 is 0 Å². The fourth-order valence-electron chi connectivity index (χ4n) is 1.54. The number of hydrogen-bond donors (Lipinski definition) is 0. The summed E-state index contributed by atoms with van der Waals surface area (Å²) in [4.78, 5) is 10.4. The Morgan fingerprint density at radius 3 is 2.80 bits per heavy atom. The highest BCUT2D eigenvalue weighted by Gasteiger charge is 2.28. The van der Waals surface area contributed by atoms with E-state index in [9.17, 15) is 4.79 Å². The van der Waals surface area contributed by atoms with Crippen LogP contribution in [-0.4, -0.2) is 17.3 Å². The van der Waals surface area contributed by atoms with Crippen LogP contribution in [0.4, 0.5) is 0 Å². The molecule has 1 fully saturated rings. The van der Waals surface area contributed by atoms with Gasteiger partial charge in [-0.2, -0.15) is 11.8 Å². The fourth-order valence-corrected chi connectivity index (χ4v) is 2.95. The lowest BCUT2D eigenvalue weighted by molar-refractivity contribution is -0.111. The Morgan fingerprint density at radius 2 is 2.40 bits per heavy atom. The number of rotatable bonds is 2. The Bertz CT molecular complexity index is 124. The van der Waals surface area contributed by atoms with Crippen LogP contribution in [0.1, 0.15) is 20.3 Å². The van der Waals surface area contributed by atoms with Gasteiger partial charge in [-0.05, 0) is 18.1 Å². The number of carbonyl (C=O) groups is 1. The molecule has 2 heteroatoms. The molecule has 58 valence electrons. The average Bonchev–Trinajstić information content (AvgIpc) is 2.34. The molecule has 1 saturated heterocycles. The highest BCUT2D eigenvalue weighted by molar-refractivity contribution is 8.00. The zero-order valence-electron chi connectivity index (χ0n) is 6.54. The molecule has 3 atom stereocenters. The summed E-state index contributed by atoms with van der Waals surface area (Å²) in [6.45, 7) is 4.25. The zero-order chi connectivity index (χ0) is 7.56. The third-order valence-electron chi connectivity index (χ3n) is 2.32. The minimum Gasteiger partial charge on any atom is -0.303 e. The van der Waals surface area contributed by atoms with Gasteiger partial charge >= 0.3 is 0 Å². The van der Waals surface area contributed by atoms with Crippen molar-refractivity contribution in [3.05, 3.63) is 0 Å². The van der Waals surface area contributed by atoms with Gasteiger partial charge in [0.25, 0.3) is 0 Å². The van der Waals surface area contributed by atoms with Crippen LogP contribution >= 0.6 is 11.8 Å². The van der Waals surface area contributed by atoms with Crippen molar-refractivity contribution in [2.75, 3.05) is 5.75 Å². The number of thioether (sulfide) groups is 1. The minimum absolute atomic E-state index is 0.269. The predicted octanol–water partition coefficient (Wildman–Crippen LogP) is 1.96. The first-order valence-corrected chi connectivity index (χ1v) is 4.87. The number of hydrogen-bond acceptors (Lipinski definition) is 2. The number of carbonyl (C=O) groups excluding carboxylic acids is 1. The van der Waals surface area contributed by atoms with Crippen molar-refractivity contribution in [2.24, 2.45) is 11.8 Å². The van der Waals surface area contributed by atoms with Gasteiger partial charge < -0.3 is 4.79 Å². The van der Waals surface area contributed by atoms with Crippen LogP contribution in [0.15, 0.2) is 0 Å². The van der Waals surface area contributed by atoms with Crippen molar-refractivity contribution in [3.8, 4) is 0 Å². The molecule has 1 aliphatic heterocycles. The summed E-state index contributed by atoms with van der Waals surface area (Å²) >= 11 is 1.99. The van der Waals surface area contributed by atoms with E-state index < -0.39 is 0 Å². The molecule has 1 heterocycles. The first kappa shape index (κ1) is 8.12. The molecule has 0 spiro atoms. The third-order valence-corrected chi connectivity index (χ3v) is 3.67. The molecule has 1 nitrogen and oxygen atoms in total. The highest BCUT2D eigenvalue weighted by atomic mass is 32.2. The van der Waals surface area contributed by atoms with E-state index in [2.05, 4.69) is 6.92 Å². The number of aldehydes is 1. The first-order valence-electron chi connectivity index (χ1n) is 3.82. The SMILES string of the molecule is CC(C=O)C1CCSC1C. The van der Waals surface area contributed by atoms with Crippen molar-refractivity contribution in [3.63, 3.8) is 0 Å². The van der Waals surface area contributed by atoms with Crippen LogP contribution in [0.5, 0.6) is 0 Å². The average molecular weight is 158 g/mol. The fraction of sp³-hybridized carbons (Fsp3) is 0.875. The maximum Gasteiger partial charge on any atom is 0.123 e. The summed E-state index contributed by atoms with van der Waals surface area (Å²) in [6, 6.07) is 0. The molecular formula is C8H14OS. The van der Waals surface area contributed by atoms with Gasteiger partial charge in [-0.15, -0.1) is 0 Å². The largest absolute Gasteiger partial charge is 0.303 e. The van der Waals surface area contributed by atoms with Crippen LogP contribution in [0.25, 0.3) is 0 Å². The molecule has 1 aliphatic rings. The van der Waals surface area contributed by atoms with Crippen LogP contribution < -0.4 is 0 Å². The van der Waals surface area contributed by atoms with E-state index in [4.69, 9.17) is 0 Å². The maximum absolute atomic E-state index is 10.4. The lowest BCUT2D eigenvalue weighted by Gasteiger charge is -2.16. The monoisotopic (exact) mass is 158 g/mol. The molecule has 0 amide bonds. The summed E-state index contributed by atoms with van der Waals surface area (Å²) < 4.78 is 0. The molecule has 1 rings (SSSR count). The van der Waals surface area contributed by atoms with Crippen molar-refractivity contribution in [1.29, 1.82) is 0 Å². The zero-order valence-corrected chi connectivity index (χ0v) is 7.36. The second-order valence-electron chi connectivity index (χ2n) is 3.02. The van der Waals surface area contributed by atoms with Gasteiger partial charge in [0.2, 0.25) is 0 Å². The molecule has 0 aromatic rings. The highest BCUT2D eigenvalue weighted by Crippen LogP contribution is 2.35. The van der Waals surface area contributed by atoms with Gasteiger partial charge in [0, 0.05) is 11.2 Å². The molecule has 0 N–H and O–H groups in total. The summed E-state index contributed by atoms with van der Waals surface area (Å²) in [5.74, 6) is 2.15. The molecule has 0 radical (unpaired) electrons. The molecule has 0 bridgehead atoms. The van der Waals surface area contributed by atoms with E-state index in [1.54, 1.807) is 0 Å². The van der Waals surface area contributed by atoms with Gasteiger partial charge in [-0.25, -0.2) is 0 Å². The second-order valence-corrected chi connectivity index (χ2v) is 4.51. The van der Waals surface area contributed by atoms with Gasteiger partial charge in [0.05, 0.1) is 0 Å². The second kappa shape index (κ2) is 3.42. The summed E-state index contributed by atoms with van der Waals surface area (Å²) in [7, 11) is 0. The van der Waals surface area contributed by atoms with Crippen molar-refractivity contribution < 1.29 is 4.79 Å². The molecule has 0 aliphatic carbocycles. The minimum atomic E-state index is 0.269. The Hall–Kier alpha value is 0.0200.